The topological polar surface area (TPSA) is 32.3 Å². The summed E-state index contributed by atoms with van der Waals surface area (Å²) in [5, 5.41) is 0.985. The fourth-order valence-electron chi connectivity index (χ4n) is 2.76. The standard InChI is InChI=1S/C16H22N4S/c1-12(20-10-4-5-11-20)13-6-8-14(9-7-13)15-17-16(18-21-15)19(2)3/h6-9,12H,4-5,10-11H2,1-3H3. The summed E-state index contributed by atoms with van der Waals surface area (Å²) in [7, 11) is 3.93. The maximum atomic E-state index is 4.55. The van der Waals surface area contributed by atoms with Crippen molar-refractivity contribution in [1.29, 1.82) is 0 Å². The second kappa shape index (κ2) is 6.12. The Kier molecular flexibility index (Phi) is 4.22. The molecule has 0 radical (unpaired) electrons. The van der Waals surface area contributed by atoms with Gasteiger partial charge in [-0.05, 0) is 50.0 Å². The van der Waals surface area contributed by atoms with E-state index in [0.717, 1.165) is 16.5 Å². The van der Waals surface area contributed by atoms with Crippen molar-refractivity contribution >= 4 is 17.5 Å². The van der Waals surface area contributed by atoms with Crippen LogP contribution in [0.2, 0.25) is 0 Å². The second-order valence-corrected chi connectivity index (χ2v) is 6.59. The minimum absolute atomic E-state index is 0.508. The van der Waals surface area contributed by atoms with E-state index in [4.69, 9.17) is 0 Å². The van der Waals surface area contributed by atoms with Crippen LogP contribution in [-0.2, 0) is 0 Å². The first-order chi connectivity index (χ1) is 10.1. The van der Waals surface area contributed by atoms with Gasteiger partial charge in [-0.25, -0.2) is 0 Å². The zero-order valence-electron chi connectivity index (χ0n) is 12.9. The van der Waals surface area contributed by atoms with E-state index in [0.29, 0.717) is 6.04 Å². The molecule has 0 aliphatic carbocycles. The number of benzene rings is 1. The minimum atomic E-state index is 0.508. The maximum absolute atomic E-state index is 4.55. The first-order valence-corrected chi connectivity index (χ1v) is 8.28. The predicted octanol–water partition coefficient (Wildman–Crippen LogP) is 3.43. The molecule has 1 aromatic heterocycles. The fraction of sp³-hybridized carbons (Fsp3) is 0.500. The van der Waals surface area contributed by atoms with Crippen LogP contribution in [0.3, 0.4) is 0 Å². The average molecular weight is 302 g/mol. The number of anilines is 1. The molecule has 0 bridgehead atoms. The van der Waals surface area contributed by atoms with Crippen LogP contribution in [0.5, 0.6) is 0 Å². The Morgan fingerprint density at radius 3 is 2.38 bits per heavy atom. The number of hydrogen-bond acceptors (Lipinski definition) is 5. The Morgan fingerprint density at radius 2 is 1.81 bits per heavy atom. The number of nitrogens with zero attached hydrogens (tertiary/aromatic N) is 4. The summed E-state index contributed by atoms with van der Waals surface area (Å²) in [6, 6.07) is 9.31. The van der Waals surface area contributed by atoms with Gasteiger partial charge in [0.2, 0.25) is 5.95 Å². The molecule has 1 aliphatic rings. The molecule has 2 aromatic rings. The number of rotatable bonds is 4. The van der Waals surface area contributed by atoms with Crippen LogP contribution in [0, 0.1) is 0 Å². The quantitative estimate of drug-likeness (QED) is 0.866. The molecule has 112 valence electrons. The van der Waals surface area contributed by atoms with Crippen LogP contribution in [-0.4, -0.2) is 41.4 Å². The normalized spacial score (nSPS) is 17.1. The lowest BCUT2D eigenvalue weighted by Crippen LogP contribution is -2.23. The van der Waals surface area contributed by atoms with Crippen molar-refractivity contribution < 1.29 is 0 Å². The monoisotopic (exact) mass is 302 g/mol. The van der Waals surface area contributed by atoms with Crippen LogP contribution < -0.4 is 4.90 Å². The van der Waals surface area contributed by atoms with Crippen molar-refractivity contribution in [2.45, 2.75) is 25.8 Å². The number of likely N-dealkylation sites (tertiary alicyclic amines) is 1. The van der Waals surface area contributed by atoms with Crippen LogP contribution in [0.4, 0.5) is 5.95 Å². The van der Waals surface area contributed by atoms with Crippen LogP contribution in [0.25, 0.3) is 10.6 Å². The molecule has 21 heavy (non-hydrogen) atoms. The van der Waals surface area contributed by atoms with E-state index >= 15 is 0 Å². The summed E-state index contributed by atoms with van der Waals surface area (Å²) in [4.78, 5) is 9.05. The van der Waals surface area contributed by atoms with Crippen LogP contribution in [0.1, 0.15) is 31.4 Å². The van der Waals surface area contributed by atoms with E-state index in [-0.39, 0.29) is 0 Å². The molecule has 2 heterocycles. The Morgan fingerprint density at radius 1 is 1.14 bits per heavy atom. The molecule has 1 saturated heterocycles. The third-order valence-corrected chi connectivity index (χ3v) is 4.90. The van der Waals surface area contributed by atoms with E-state index in [1.165, 1.54) is 43.0 Å². The zero-order chi connectivity index (χ0) is 14.8. The largest absolute Gasteiger partial charge is 0.346 e. The summed E-state index contributed by atoms with van der Waals surface area (Å²) >= 11 is 1.46. The zero-order valence-corrected chi connectivity index (χ0v) is 13.7. The van der Waals surface area contributed by atoms with Gasteiger partial charge in [0.05, 0.1) is 0 Å². The highest BCUT2D eigenvalue weighted by Gasteiger charge is 2.19. The van der Waals surface area contributed by atoms with E-state index < -0.39 is 0 Å². The lowest BCUT2D eigenvalue weighted by molar-refractivity contribution is 0.263. The molecule has 0 spiro atoms. The summed E-state index contributed by atoms with van der Waals surface area (Å²) in [5.41, 5.74) is 2.54. The minimum Gasteiger partial charge on any atom is -0.346 e. The summed E-state index contributed by atoms with van der Waals surface area (Å²) < 4.78 is 4.36. The summed E-state index contributed by atoms with van der Waals surface area (Å²) in [6.45, 7) is 4.76. The highest BCUT2D eigenvalue weighted by Crippen LogP contribution is 2.28. The number of aromatic nitrogens is 2. The van der Waals surface area contributed by atoms with E-state index in [1.54, 1.807) is 0 Å². The SMILES string of the molecule is CC(c1ccc(-c2nc(N(C)C)ns2)cc1)N1CCCC1. The van der Waals surface area contributed by atoms with Crippen molar-refractivity contribution in [3.63, 3.8) is 0 Å². The van der Waals surface area contributed by atoms with Crippen LogP contribution >= 0.6 is 11.5 Å². The van der Waals surface area contributed by atoms with Gasteiger partial charge in [-0.3, -0.25) is 4.90 Å². The van der Waals surface area contributed by atoms with E-state index in [9.17, 15) is 0 Å². The van der Waals surface area contributed by atoms with E-state index in [1.807, 2.05) is 19.0 Å². The third kappa shape index (κ3) is 3.09. The molecule has 1 aliphatic heterocycles. The molecule has 1 fully saturated rings. The van der Waals surface area contributed by atoms with Crippen molar-refractivity contribution in [3.05, 3.63) is 29.8 Å². The van der Waals surface area contributed by atoms with Crippen molar-refractivity contribution in [2.75, 3.05) is 32.1 Å². The molecule has 3 rings (SSSR count). The molecule has 1 unspecified atom stereocenters. The van der Waals surface area contributed by atoms with Crippen LogP contribution in [0.15, 0.2) is 24.3 Å². The maximum Gasteiger partial charge on any atom is 0.237 e. The highest BCUT2D eigenvalue weighted by molar-refractivity contribution is 7.09. The van der Waals surface area contributed by atoms with E-state index in [2.05, 4.69) is 45.4 Å². The Labute approximate surface area is 130 Å². The van der Waals surface area contributed by atoms with Gasteiger partial charge in [0.1, 0.15) is 5.01 Å². The lowest BCUT2D eigenvalue weighted by atomic mass is 10.1. The predicted molar refractivity (Wildman–Crippen MR) is 88.9 cm³/mol. The first-order valence-electron chi connectivity index (χ1n) is 7.50. The molecule has 1 aromatic carbocycles. The number of hydrogen-bond donors (Lipinski definition) is 0. The first kappa shape index (κ1) is 14.5. The van der Waals surface area contributed by atoms with Gasteiger partial charge < -0.3 is 4.90 Å². The molecule has 4 nitrogen and oxygen atoms in total. The molecule has 0 saturated carbocycles. The lowest BCUT2D eigenvalue weighted by Gasteiger charge is -2.24. The Hall–Kier alpha value is -1.46. The van der Waals surface area contributed by atoms with Crippen molar-refractivity contribution in [3.8, 4) is 10.6 Å². The molecule has 1 atom stereocenters. The van der Waals surface area contributed by atoms with Gasteiger partial charge in [0.15, 0.2) is 0 Å². The van der Waals surface area contributed by atoms with Gasteiger partial charge in [0.25, 0.3) is 0 Å². The van der Waals surface area contributed by atoms with Crippen molar-refractivity contribution in [1.82, 2.24) is 14.3 Å². The smallest absolute Gasteiger partial charge is 0.237 e. The van der Waals surface area contributed by atoms with Gasteiger partial charge >= 0.3 is 0 Å². The highest BCUT2D eigenvalue weighted by atomic mass is 32.1. The summed E-state index contributed by atoms with van der Waals surface area (Å²) in [5.74, 6) is 0.782. The van der Waals surface area contributed by atoms with Gasteiger partial charge in [-0.2, -0.15) is 9.36 Å². The molecule has 0 amide bonds. The van der Waals surface area contributed by atoms with Gasteiger partial charge in [-0.1, -0.05) is 24.3 Å². The summed E-state index contributed by atoms with van der Waals surface area (Å²) in [6.07, 6.45) is 2.67. The molecular weight excluding hydrogens is 280 g/mol. The second-order valence-electron chi connectivity index (χ2n) is 5.84. The van der Waals surface area contributed by atoms with Crippen molar-refractivity contribution in [2.24, 2.45) is 0 Å². The Bertz CT molecular complexity index is 585. The molecule has 0 N–H and O–H groups in total. The Balaban J connectivity index is 1.76. The van der Waals surface area contributed by atoms with Gasteiger partial charge in [0, 0.05) is 25.7 Å². The third-order valence-electron chi connectivity index (χ3n) is 4.14. The fourth-order valence-corrected chi connectivity index (χ4v) is 3.49. The molecular formula is C16H22N4S. The molecule has 5 heteroatoms. The van der Waals surface area contributed by atoms with Gasteiger partial charge in [-0.15, -0.1) is 0 Å². The average Bonchev–Trinajstić information content (AvgIpc) is 3.18.